The van der Waals surface area contributed by atoms with Crippen molar-refractivity contribution in [3.05, 3.63) is 52.2 Å². The Labute approximate surface area is 164 Å². The predicted octanol–water partition coefficient (Wildman–Crippen LogP) is 4.31. The zero-order valence-electron chi connectivity index (χ0n) is 16.4. The van der Waals surface area contributed by atoms with Crippen molar-refractivity contribution in [2.45, 2.75) is 33.2 Å². The molecular formula is C23H23NO4. The van der Waals surface area contributed by atoms with E-state index in [0.717, 1.165) is 34.4 Å². The summed E-state index contributed by atoms with van der Waals surface area (Å²) in [6.07, 6.45) is 1.20. The van der Waals surface area contributed by atoms with E-state index in [1.807, 2.05) is 50.2 Å². The average molecular weight is 377 g/mol. The number of amides is 1. The molecule has 0 aliphatic carbocycles. The average Bonchev–Trinajstić information content (AvgIpc) is 3.34. The van der Waals surface area contributed by atoms with Crippen LogP contribution in [-0.4, -0.2) is 19.6 Å². The highest BCUT2D eigenvalue weighted by atomic mass is 16.5. The van der Waals surface area contributed by atoms with Gasteiger partial charge in [-0.15, -0.1) is 0 Å². The normalized spacial score (nSPS) is 12.6. The first-order chi connectivity index (χ1) is 13.6. The molecule has 5 heteroatoms. The van der Waals surface area contributed by atoms with E-state index in [-0.39, 0.29) is 11.3 Å². The quantitative estimate of drug-likeness (QED) is 0.665. The molecule has 0 radical (unpaired) electrons. The van der Waals surface area contributed by atoms with Crippen LogP contribution in [0.4, 0.5) is 5.69 Å². The molecule has 1 heterocycles. The summed E-state index contributed by atoms with van der Waals surface area (Å²) < 4.78 is 11.0. The fraction of sp³-hybridized carbons (Fsp3) is 0.304. The van der Waals surface area contributed by atoms with E-state index in [9.17, 15) is 9.59 Å². The maximum absolute atomic E-state index is 13.0. The Bertz CT molecular complexity index is 1060. The van der Waals surface area contributed by atoms with E-state index in [1.165, 1.54) is 0 Å². The third-order valence-corrected chi connectivity index (χ3v) is 5.16. The summed E-state index contributed by atoms with van der Waals surface area (Å²) >= 11 is 0. The van der Waals surface area contributed by atoms with Crippen LogP contribution in [0.5, 0.6) is 11.5 Å². The van der Waals surface area contributed by atoms with Crippen molar-refractivity contribution in [2.75, 3.05) is 18.6 Å². The Balaban J connectivity index is 1.92. The van der Waals surface area contributed by atoms with Crippen LogP contribution >= 0.6 is 0 Å². The van der Waals surface area contributed by atoms with E-state index in [1.54, 1.807) is 12.0 Å². The minimum absolute atomic E-state index is 0.0308. The topological polar surface area (TPSA) is 55.8 Å². The van der Waals surface area contributed by atoms with Gasteiger partial charge in [0.05, 0.1) is 25.9 Å². The molecule has 0 atom stereocenters. The van der Waals surface area contributed by atoms with Crippen LogP contribution in [0.3, 0.4) is 0 Å². The van der Waals surface area contributed by atoms with Gasteiger partial charge in [0.25, 0.3) is 0 Å². The monoisotopic (exact) mass is 377 g/mol. The van der Waals surface area contributed by atoms with Gasteiger partial charge in [0, 0.05) is 29.2 Å². The number of benzene rings is 2. The van der Waals surface area contributed by atoms with E-state index in [0.29, 0.717) is 36.6 Å². The molecule has 0 saturated carbocycles. The van der Waals surface area contributed by atoms with Crippen molar-refractivity contribution >= 4 is 11.6 Å². The zero-order valence-corrected chi connectivity index (χ0v) is 16.4. The molecule has 3 aromatic rings. The second-order valence-electron chi connectivity index (χ2n) is 6.94. The van der Waals surface area contributed by atoms with Gasteiger partial charge in [-0.3, -0.25) is 9.59 Å². The number of fused-ring (bicyclic) bond motifs is 5. The molecule has 1 aliphatic rings. The molecule has 0 saturated heterocycles. The maximum Gasteiger partial charge on any atom is 0.227 e. The molecule has 144 valence electrons. The van der Waals surface area contributed by atoms with Gasteiger partial charge in [-0.1, -0.05) is 13.0 Å². The molecule has 28 heavy (non-hydrogen) atoms. The molecule has 0 N–H and O–H groups in total. The zero-order chi connectivity index (χ0) is 19.8. The fourth-order valence-electron chi connectivity index (χ4n) is 3.79. The van der Waals surface area contributed by atoms with Crippen molar-refractivity contribution < 1.29 is 14.3 Å². The highest BCUT2D eigenvalue weighted by Crippen LogP contribution is 2.45. The molecule has 0 aromatic heterocycles. The number of methoxy groups -OCH3 is 1. The number of ether oxygens (including phenoxy) is 2. The smallest absolute Gasteiger partial charge is 0.227 e. The summed E-state index contributed by atoms with van der Waals surface area (Å²) in [4.78, 5) is 27.5. The lowest BCUT2D eigenvalue weighted by molar-refractivity contribution is -0.118. The van der Waals surface area contributed by atoms with Gasteiger partial charge in [-0.2, -0.15) is 0 Å². The molecule has 4 rings (SSSR count). The number of anilines is 1. The molecule has 0 fully saturated rings. The maximum atomic E-state index is 13.0. The summed E-state index contributed by atoms with van der Waals surface area (Å²) in [5, 5.41) is 0. The van der Waals surface area contributed by atoms with Crippen LogP contribution in [0, 0.1) is 0 Å². The number of carbonyl (C=O) groups is 1. The molecule has 0 bridgehead atoms. The van der Waals surface area contributed by atoms with Crippen molar-refractivity contribution in [1.82, 2.24) is 0 Å². The van der Waals surface area contributed by atoms with Gasteiger partial charge in [-0.25, -0.2) is 0 Å². The lowest BCUT2D eigenvalue weighted by atomic mass is 9.98. The highest BCUT2D eigenvalue weighted by molar-refractivity contribution is 6.05. The van der Waals surface area contributed by atoms with Crippen LogP contribution in [-0.2, 0) is 11.3 Å². The molecule has 1 aliphatic heterocycles. The summed E-state index contributed by atoms with van der Waals surface area (Å²) in [5.74, 6) is 1.43. The van der Waals surface area contributed by atoms with Gasteiger partial charge < -0.3 is 14.4 Å². The van der Waals surface area contributed by atoms with Crippen molar-refractivity contribution in [3.8, 4) is 33.8 Å². The predicted molar refractivity (Wildman–Crippen MR) is 110 cm³/mol. The van der Waals surface area contributed by atoms with Crippen molar-refractivity contribution in [2.24, 2.45) is 0 Å². The number of carbonyl (C=O) groups excluding carboxylic acids is 1. The number of nitrogens with zero attached hydrogens (tertiary/aromatic N) is 1. The molecule has 0 unspecified atom stereocenters. The van der Waals surface area contributed by atoms with Gasteiger partial charge in [0.15, 0.2) is 5.43 Å². The van der Waals surface area contributed by atoms with Gasteiger partial charge >= 0.3 is 0 Å². The second kappa shape index (κ2) is 7.15. The lowest BCUT2D eigenvalue weighted by Crippen LogP contribution is -2.31. The van der Waals surface area contributed by atoms with Gasteiger partial charge in [-0.05, 0) is 48.7 Å². The molecular weight excluding hydrogens is 354 g/mol. The lowest BCUT2D eigenvalue weighted by Gasteiger charge is -2.27. The Morgan fingerprint density at radius 1 is 1.04 bits per heavy atom. The first-order valence-corrected chi connectivity index (χ1v) is 9.62. The largest absolute Gasteiger partial charge is 0.497 e. The van der Waals surface area contributed by atoms with Crippen molar-refractivity contribution in [1.29, 1.82) is 0 Å². The van der Waals surface area contributed by atoms with E-state index >= 15 is 0 Å². The molecule has 3 aromatic carbocycles. The van der Waals surface area contributed by atoms with Crippen LogP contribution < -0.4 is 19.8 Å². The van der Waals surface area contributed by atoms with Crippen LogP contribution in [0.25, 0.3) is 22.3 Å². The number of hydrogen-bond acceptors (Lipinski definition) is 4. The molecule has 0 spiro atoms. The number of hydrogen-bond donors (Lipinski definition) is 0. The summed E-state index contributed by atoms with van der Waals surface area (Å²) in [6.45, 7) is 4.83. The first-order valence-electron chi connectivity index (χ1n) is 9.62. The van der Waals surface area contributed by atoms with Gasteiger partial charge in [0.2, 0.25) is 5.91 Å². The third-order valence-electron chi connectivity index (χ3n) is 5.16. The minimum Gasteiger partial charge on any atom is -0.497 e. The van der Waals surface area contributed by atoms with Crippen LogP contribution in [0.2, 0.25) is 0 Å². The SMILES string of the molecule is CCCC(=O)N1Cc2cc(OC)ccc2-c2c(c2=O)-c2ccc(OCC)cc21. The Hall–Kier alpha value is -3.08. The van der Waals surface area contributed by atoms with Crippen molar-refractivity contribution in [3.63, 3.8) is 0 Å². The highest BCUT2D eigenvalue weighted by Gasteiger charge is 2.34. The third kappa shape index (κ3) is 2.97. The van der Waals surface area contributed by atoms with E-state index in [4.69, 9.17) is 9.47 Å². The Kier molecular flexibility index (Phi) is 4.67. The molecule has 5 nitrogen and oxygen atoms in total. The van der Waals surface area contributed by atoms with E-state index in [2.05, 4.69) is 0 Å². The first kappa shape index (κ1) is 18.3. The number of rotatable bonds is 5. The standard InChI is InChI=1S/C23H23NO4/c1-4-6-20(25)24-13-14-11-15(27-3)7-9-17(14)21-22(23(21)26)18-10-8-16(28-5-2)12-19(18)24/h7-12H,4-6,13H2,1-3H3. The Morgan fingerprint density at radius 3 is 2.46 bits per heavy atom. The summed E-state index contributed by atoms with van der Waals surface area (Å²) in [5.41, 5.74) is 4.81. The van der Waals surface area contributed by atoms with E-state index < -0.39 is 0 Å². The summed E-state index contributed by atoms with van der Waals surface area (Å²) in [7, 11) is 1.61. The minimum atomic E-state index is 0.0308. The Morgan fingerprint density at radius 2 is 1.75 bits per heavy atom. The second-order valence-corrected chi connectivity index (χ2v) is 6.94. The summed E-state index contributed by atoms with van der Waals surface area (Å²) in [6, 6.07) is 11.3. The van der Waals surface area contributed by atoms with Crippen LogP contribution in [0.1, 0.15) is 32.3 Å². The fourth-order valence-corrected chi connectivity index (χ4v) is 3.79. The van der Waals surface area contributed by atoms with Crippen LogP contribution in [0.15, 0.2) is 41.2 Å². The molecule has 1 amide bonds. The van der Waals surface area contributed by atoms with Gasteiger partial charge in [0.1, 0.15) is 11.5 Å².